The predicted molar refractivity (Wildman–Crippen MR) is 78.5 cm³/mol. The molecule has 0 saturated heterocycles. The van der Waals surface area contributed by atoms with Gasteiger partial charge in [0.2, 0.25) is 0 Å². The van der Waals surface area contributed by atoms with E-state index in [1.165, 1.54) is 11.3 Å². The van der Waals surface area contributed by atoms with E-state index < -0.39 is 0 Å². The molecule has 0 aliphatic carbocycles. The molecule has 0 bridgehead atoms. The van der Waals surface area contributed by atoms with Gasteiger partial charge in [0.05, 0.1) is 6.61 Å². The van der Waals surface area contributed by atoms with Gasteiger partial charge in [-0.1, -0.05) is 25.1 Å². The molecule has 19 heavy (non-hydrogen) atoms. The minimum absolute atomic E-state index is 0.227. The van der Waals surface area contributed by atoms with Gasteiger partial charge in [-0.15, -0.1) is 0 Å². The average Bonchev–Trinajstić information content (AvgIpc) is 2.86. The molecule has 0 amide bonds. The Morgan fingerprint density at radius 3 is 2.63 bits per heavy atom. The summed E-state index contributed by atoms with van der Waals surface area (Å²) in [5.74, 6) is 1.20. The van der Waals surface area contributed by atoms with Gasteiger partial charge in [-0.25, -0.2) is 0 Å². The van der Waals surface area contributed by atoms with Gasteiger partial charge >= 0.3 is 0 Å². The summed E-state index contributed by atoms with van der Waals surface area (Å²) in [6.07, 6.45) is 3.02. The normalized spacial score (nSPS) is 12.4. The van der Waals surface area contributed by atoms with Crippen LogP contribution >= 0.6 is 0 Å². The van der Waals surface area contributed by atoms with Crippen molar-refractivity contribution in [3.63, 3.8) is 0 Å². The van der Waals surface area contributed by atoms with Crippen molar-refractivity contribution >= 4 is 0 Å². The second-order valence-electron chi connectivity index (χ2n) is 4.75. The molecular formula is C16H22N2O. The van der Waals surface area contributed by atoms with Crippen molar-refractivity contribution in [3.05, 3.63) is 53.9 Å². The van der Waals surface area contributed by atoms with Crippen LogP contribution in [0.15, 0.2) is 42.6 Å². The van der Waals surface area contributed by atoms with E-state index in [2.05, 4.69) is 23.6 Å². The minimum Gasteiger partial charge on any atom is -0.493 e. The van der Waals surface area contributed by atoms with Crippen molar-refractivity contribution in [2.75, 3.05) is 13.2 Å². The number of nitrogens with two attached hydrogens (primary N) is 1. The third-order valence-electron chi connectivity index (χ3n) is 3.48. The molecule has 1 aromatic carbocycles. The number of nitrogens with zero attached hydrogens (tertiary/aromatic N) is 1. The average molecular weight is 258 g/mol. The highest BCUT2D eigenvalue weighted by atomic mass is 16.5. The van der Waals surface area contributed by atoms with Gasteiger partial charge < -0.3 is 15.0 Å². The fourth-order valence-electron chi connectivity index (χ4n) is 2.30. The van der Waals surface area contributed by atoms with Crippen LogP contribution in [0.1, 0.15) is 24.1 Å². The first-order valence-electron chi connectivity index (χ1n) is 6.78. The molecule has 1 aromatic heterocycles. The van der Waals surface area contributed by atoms with E-state index >= 15 is 0 Å². The molecule has 0 spiro atoms. The topological polar surface area (TPSA) is 40.2 Å². The summed E-state index contributed by atoms with van der Waals surface area (Å²) in [6, 6.07) is 12.3. The van der Waals surface area contributed by atoms with Crippen LogP contribution in [0.2, 0.25) is 0 Å². The zero-order valence-electron chi connectivity index (χ0n) is 11.7. The third kappa shape index (κ3) is 3.18. The highest BCUT2D eigenvalue weighted by molar-refractivity contribution is 5.33. The van der Waals surface area contributed by atoms with Gasteiger partial charge in [-0.3, -0.25) is 0 Å². The molecule has 2 rings (SSSR count). The van der Waals surface area contributed by atoms with E-state index in [1.54, 1.807) is 0 Å². The van der Waals surface area contributed by atoms with Crippen molar-refractivity contribution in [2.45, 2.75) is 19.3 Å². The number of benzene rings is 1. The van der Waals surface area contributed by atoms with Gasteiger partial charge in [0.1, 0.15) is 5.75 Å². The lowest BCUT2D eigenvalue weighted by Crippen LogP contribution is -2.22. The van der Waals surface area contributed by atoms with Crippen LogP contribution < -0.4 is 10.5 Å². The summed E-state index contributed by atoms with van der Waals surface area (Å²) in [4.78, 5) is 0. The lowest BCUT2D eigenvalue weighted by Gasteiger charge is -2.18. The quantitative estimate of drug-likeness (QED) is 0.865. The Hall–Kier alpha value is -1.74. The fraction of sp³-hybridized carbons (Fsp3) is 0.375. The van der Waals surface area contributed by atoms with Gasteiger partial charge in [-0.05, 0) is 30.2 Å². The van der Waals surface area contributed by atoms with E-state index in [4.69, 9.17) is 10.5 Å². The van der Waals surface area contributed by atoms with Crippen LogP contribution in [0.25, 0.3) is 0 Å². The van der Waals surface area contributed by atoms with E-state index in [0.717, 1.165) is 12.2 Å². The molecule has 0 aliphatic rings. The number of para-hydroxylation sites is 1. The number of hydrogen-bond donors (Lipinski definition) is 1. The number of ether oxygens (including phenoxy) is 1. The molecule has 1 unspecified atom stereocenters. The van der Waals surface area contributed by atoms with Crippen LogP contribution in [0, 0.1) is 0 Å². The molecule has 2 aromatic rings. The van der Waals surface area contributed by atoms with E-state index in [0.29, 0.717) is 13.2 Å². The molecule has 2 N–H and O–H groups in total. The summed E-state index contributed by atoms with van der Waals surface area (Å²) < 4.78 is 8.07. The number of aromatic nitrogens is 1. The van der Waals surface area contributed by atoms with Crippen molar-refractivity contribution in [3.8, 4) is 5.75 Å². The second-order valence-corrected chi connectivity index (χ2v) is 4.75. The van der Waals surface area contributed by atoms with Crippen LogP contribution in [0.5, 0.6) is 5.75 Å². The summed E-state index contributed by atoms with van der Waals surface area (Å²) in [7, 11) is 2.04. The monoisotopic (exact) mass is 258 g/mol. The lowest BCUT2D eigenvalue weighted by molar-refractivity contribution is 0.284. The molecule has 1 atom stereocenters. The first-order valence-corrected chi connectivity index (χ1v) is 6.78. The Balaban J connectivity index is 2.06. The Kier molecular flexibility index (Phi) is 4.63. The summed E-state index contributed by atoms with van der Waals surface area (Å²) in [5, 5.41) is 0. The Labute approximate surface area is 115 Å². The minimum atomic E-state index is 0.227. The van der Waals surface area contributed by atoms with Crippen LogP contribution in [-0.2, 0) is 13.5 Å². The standard InChI is InChI=1S/C16H22N2O/c1-3-13-7-4-5-9-16(13)19-12-14(11-17)15-8-6-10-18(15)2/h4-10,14H,3,11-12,17H2,1-2H3. The maximum Gasteiger partial charge on any atom is 0.122 e. The Morgan fingerprint density at radius 1 is 1.21 bits per heavy atom. The Bertz CT molecular complexity index is 519. The predicted octanol–water partition coefficient (Wildman–Crippen LogP) is 2.71. The summed E-state index contributed by atoms with van der Waals surface area (Å²) in [6.45, 7) is 3.34. The maximum atomic E-state index is 5.97. The van der Waals surface area contributed by atoms with Crippen molar-refractivity contribution in [1.29, 1.82) is 0 Å². The van der Waals surface area contributed by atoms with Gasteiger partial charge in [-0.2, -0.15) is 0 Å². The zero-order valence-corrected chi connectivity index (χ0v) is 11.7. The summed E-state index contributed by atoms with van der Waals surface area (Å²) in [5.41, 5.74) is 8.33. The van der Waals surface area contributed by atoms with Crippen LogP contribution in [0.3, 0.4) is 0 Å². The molecule has 0 saturated carbocycles. The fourth-order valence-corrected chi connectivity index (χ4v) is 2.30. The second kappa shape index (κ2) is 6.43. The molecular weight excluding hydrogens is 236 g/mol. The number of rotatable bonds is 6. The van der Waals surface area contributed by atoms with E-state index in [-0.39, 0.29) is 5.92 Å². The highest BCUT2D eigenvalue weighted by Gasteiger charge is 2.14. The van der Waals surface area contributed by atoms with Gasteiger partial charge in [0.15, 0.2) is 0 Å². The molecule has 0 radical (unpaired) electrons. The van der Waals surface area contributed by atoms with Crippen molar-refractivity contribution in [1.82, 2.24) is 4.57 Å². The molecule has 0 aliphatic heterocycles. The largest absolute Gasteiger partial charge is 0.493 e. The maximum absolute atomic E-state index is 5.97. The molecule has 102 valence electrons. The van der Waals surface area contributed by atoms with E-state index in [9.17, 15) is 0 Å². The van der Waals surface area contributed by atoms with Gasteiger partial charge in [0, 0.05) is 31.4 Å². The molecule has 1 heterocycles. The summed E-state index contributed by atoms with van der Waals surface area (Å²) >= 11 is 0. The SMILES string of the molecule is CCc1ccccc1OCC(CN)c1cccn1C. The highest BCUT2D eigenvalue weighted by Crippen LogP contribution is 2.21. The van der Waals surface area contributed by atoms with Crippen molar-refractivity contribution < 1.29 is 4.74 Å². The van der Waals surface area contributed by atoms with Crippen LogP contribution in [-0.4, -0.2) is 17.7 Å². The van der Waals surface area contributed by atoms with Gasteiger partial charge in [0.25, 0.3) is 0 Å². The first-order chi connectivity index (χ1) is 9.26. The Morgan fingerprint density at radius 2 is 2.00 bits per heavy atom. The molecule has 0 fully saturated rings. The van der Waals surface area contributed by atoms with E-state index in [1.807, 2.05) is 37.5 Å². The molecule has 3 heteroatoms. The zero-order chi connectivity index (χ0) is 13.7. The number of aryl methyl sites for hydroxylation is 2. The molecule has 3 nitrogen and oxygen atoms in total. The van der Waals surface area contributed by atoms with Crippen molar-refractivity contribution in [2.24, 2.45) is 12.8 Å². The third-order valence-corrected chi connectivity index (χ3v) is 3.48. The number of hydrogen-bond acceptors (Lipinski definition) is 2. The first kappa shape index (κ1) is 13.7. The smallest absolute Gasteiger partial charge is 0.122 e. The lowest BCUT2D eigenvalue weighted by atomic mass is 10.1. The van der Waals surface area contributed by atoms with Crippen LogP contribution in [0.4, 0.5) is 0 Å².